The van der Waals surface area contributed by atoms with Gasteiger partial charge in [-0.05, 0) is 18.2 Å². The highest BCUT2D eigenvalue weighted by Crippen LogP contribution is 2.18. The fraction of sp³-hybridized carbons (Fsp3) is 0. The van der Waals surface area contributed by atoms with Crippen LogP contribution >= 0.6 is 0 Å². The second-order valence-electron chi connectivity index (χ2n) is 4.07. The number of nitrogens with one attached hydrogen (secondary N) is 2. The largest absolute Gasteiger partial charge is 0.366 e. The third-order valence-corrected chi connectivity index (χ3v) is 3.89. The number of aromatic amines is 1. The number of H-pyrrole nitrogens is 1. The van der Waals surface area contributed by atoms with Gasteiger partial charge in [-0.15, -0.1) is 0 Å². The van der Waals surface area contributed by atoms with E-state index in [-0.39, 0.29) is 21.7 Å². The molecule has 0 aliphatic carbocycles. The summed E-state index contributed by atoms with van der Waals surface area (Å²) in [6, 6.07) is 3.58. The van der Waals surface area contributed by atoms with Gasteiger partial charge in [0.25, 0.3) is 10.0 Å². The van der Waals surface area contributed by atoms with Crippen molar-refractivity contribution in [2.45, 2.75) is 4.90 Å². The molecule has 2 amide bonds. The number of rotatable bonds is 5. The molecule has 6 N–H and O–H groups in total. The van der Waals surface area contributed by atoms with Gasteiger partial charge < -0.3 is 11.5 Å². The number of carbonyl (C=O) groups excluding carboxylic acids is 2. The lowest BCUT2D eigenvalue weighted by molar-refractivity contribution is 0.0999. The lowest BCUT2D eigenvalue weighted by Crippen LogP contribution is -2.18. The quantitative estimate of drug-likeness (QED) is 0.579. The van der Waals surface area contributed by atoms with Crippen molar-refractivity contribution < 1.29 is 18.0 Å². The van der Waals surface area contributed by atoms with E-state index in [1.807, 2.05) is 0 Å². The lowest BCUT2D eigenvalue weighted by atomic mass is 10.1. The van der Waals surface area contributed by atoms with E-state index < -0.39 is 21.8 Å². The van der Waals surface area contributed by atoms with Crippen LogP contribution in [0.3, 0.4) is 0 Å². The molecule has 0 saturated carbocycles. The summed E-state index contributed by atoms with van der Waals surface area (Å²) in [7, 11) is -3.90. The Morgan fingerprint density at radius 3 is 2.10 bits per heavy atom. The summed E-state index contributed by atoms with van der Waals surface area (Å²) in [4.78, 5) is 22.3. The predicted octanol–water partition coefficient (Wildman–Crippen LogP) is -0.592. The average Bonchev–Trinajstić information content (AvgIpc) is 2.92. The van der Waals surface area contributed by atoms with Crippen molar-refractivity contribution in [1.29, 1.82) is 0 Å². The van der Waals surface area contributed by atoms with Crippen molar-refractivity contribution in [2.24, 2.45) is 11.5 Å². The highest BCUT2D eigenvalue weighted by Gasteiger charge is 2.17. The van der Waals surface area contributed by atoms with Crippen molar-refractivity contribution in [3.63, 3.8) is 0 Å². The molecule has 0 unspecified atom stereocenters. The molecule has 1 aromatic heterocycles. The first-order chi connectivity index (χ1) is 9.79. The van der Waals surface area contributed by atoms with Crippen LogP contribution in [0.4, 0.5) is 5.69 Å². The second kappa shape index (κ2) is 5.25. The number of anilines is 1. The van der Waals surface area contributed by atoms with Gasteiger partial charge in [0, 0.05) is 17.3 Å². The maximum absolute atomic E-state index is 12.0. The first kappa shape index (κ1) is 14.5. The van der Waals surface area contributed by atoms with Gasteiger partial charge in [0.15, 0.2) is 0 Å². The third-order valence-electron chi connectivity index (χ3n) is 2.54. The molecule has 10 heteroatoms. The van der Waals surface area contributed by atoms with Gasteiger partial charge in [-0.25, -0.2) is 8.42 Å². The van der Waals surface area contributed by atoms with Crippen LogP contribution in [0.5, 0.6) is 0 Å². The Hall–Kier alpha value is -2.88. The number of benzene rings is 1. The van der Waals surface area contributed by atoms with Gasteiger partial charge in [0.2, 0.25) is 11.8 Å². The van der Waals surface area contributed by atoms with Crippen LogP contribution in [0.2, 0.25) is 0 Å². The minimum absolute atomic E-state index is 0.0127. The molecule has 2 aromatic rings. The number of hydrogen-bond donors (Lipinski definition) is 4. The van der Waals surface area contributed by atoms with Crippen LogP contribution in [-0.4, -0.2) is 30.4 Å². The van der Waals surface area contributed by atoms with Gasteiger partial charge >= 0.3 is 0 Å². The van der Waals surface area contributed by atoms with Gasteiger partial charge in [-0.1, -0.05) is 0 Å². The Labute approximate surface area is 119 Å². The molecule has 0 bridgehead atoms. The van der Waals surface area contributed by atoms with Crippen LogP contribution in [0.15, 0.2) is 35.5 Å². The van der Waals surface area contributed by atoms with Crippen molar-refractivity contribution in [1.82, 2.24) is 10.2 Å². The zero-order valence-corrected chi connectivity index (χ0v) is 11.3. The van der Waals surface area contributed by atoms with E-state index in [9.17, 15) is 18.0 Å². The molecule has 9 nitrogen and oxygen atoms in total. The highest BCUT2D eigenvalue weighted by molar-refractivity contribution is 7.92. The van der Waals surface area contributed by atoms with Crippen LogP contribution in [0.1, 0.15) is 20.7 Å². The minimum Gasteiger partial charge on any atom is -0.366 e. The highest BCUT2D eigenvalue weighted by atomic mass is 32.2. The standard InChI is InChI=1S/C11H11N5O4S/c12-10(17)6-1-7(11(13)18)3-8(2-6)16-21(19,20)9-4-14-15-5-9/h1-5,16H,(H2,12,17)(H2,13,18)(H,14,15). The number of carbonyl (C=O) groups is 2. The molecule has 2 rings (SSSR count). The Kier molecular flexibility index (Phi) is 3.63. The normalized spacial score (nSPS) is 11.0. The third kappa shape index (κ3) is 3.17. The predicted molar refractivity (Wildman–Crippen MR) is 72.9 cm³/mol. The molecule has 0 atom stereocenters. The number of sulfonamides is 1. The maximum Gasteiger partial charge on any atom is 0.265 e. The Morgan fingerprint density at radius 1 is 1.10 bits per heavy atom. The van der Waals surface area contributed by atoms with E-state index in [1.165, 1.54) is 24.4 Å². The van der Waals surface area contributed by atoms with E-state index in [1.54, 1.807) is 0 Å². The number of hydrogen-bond acceptors (Lipinski definition) is 5. The molecule has 0 fully saturated rings. The van der Waals surface area contributed by atoms with E-state index in [0.29, 0.717) is 0 Å². The molecular weight excluding hydrogens is 298 g/mol. The summed E-state index contributed by atoms with van der Waals surface area (Å²) in [6.45, 7) is 0. The van der Waals surface area contributed by atoms with E-state index in [0.717, 1.165) is 6.20 Å². The molecular formula is C11H11N5O4S. The summed E-state index contributed by atoms with van der Waals surface area (Å²) in [5.74, 6) is -1.64. The van der Waals surface area contributed by atoms with Crippen LogP contribution in [-0.2, 0) is 10.0 Å². The van der Waals surface area contributed by atoms with Crippen LogP contribution in [0, 0.1) is 0 Å². The van der Waals surface area contributed by atoms with Crippen LogP contribution < -0.4 is 16.2 Å². The Morgan fingerprint density at radius 2 is 1.67 bits per heavy atom. The number of primary amides is 2. The summed E-state index contributed by atoms with van der Waals surface area (Å²) in [5.41, 5.74) is 10.2. The molecule has 110 valence electrons. The fourth-order valence-corrected chi connectivity index (χ4v) is 2.52. The van der Waals surface area contributed by atoms with Crippen molar-refractivity contribution in [2.75, 3.05) is 4.72 Å². The van der Waals surface area contributed by atoms with Crippen molar-refractivity contribution in [3.8, 4) is 0 Å². The summed E-state index contributed by atoms with van der Waals surface area (Å²) < 4.78 is 26.3. The SMILES string of the molecule is NC(=O)c1cc(NS(=O)(=O)c2cn[nH]c2)cc(C(N)=O)c1. The fourth-order valence-electron chi connectivity index (χ4n) is 1.57. The zero-order chi connectivity index (χ0) is 15.6. The number of amides is 2. The van der Waals surface area contributed by atoms with Gasteiger partial charge in [0.05, 0.1) is 11.9 Å². The molecule has 0 aliphatic heterocycles. The first-order valence-electron chi connectivity index (χ1n) is 5.56. The van der Waals surface area contributed by atoms with Gasteiger partial charge in [-0.3, -0.25) is 19.4 Å². The molecule has 0 spiro atoms. The van der Waals surface area contributed by atoms with E-state index >= 15 is 0 Å². The van der Waals surface area contributed by atoms with Gasteiger partial charge in [0.1, 0.15) is 4.90 Å². The van der Waals surface area contributed by atoms with Crippen LogP contribution in [0.25, 0.3) is 0 Å². The smallest absolute Gasteiger partial charge is 0.265 e. The number of nitrogens with zero attached hydrogens (tertiary/aromatic N) is 1. The van der Waals surface area contributed by atoms with Crippen molar-refractivity contribution >= 4 is 27.5 Å². The lowest BCUT2D eigenvalue weighted by Gasteiger charge is -2.09. The summed E-state index contributed by atoms with van der Waals surface area (Å²) in [5, 5.41) is 5.89. The Balaban J connectivity index is 2.45. The first-order valence-corrected chi connectivity index (χ1v) is 7.04. The second-order valence-corrected chi connectivity index (χ2v) is 5.75. The monoisotopic (exact) mass is 309 g/mol. The van der Waals surface area contributed by atoms with Crippen molar-refractivity contribution in [3.05, 3.63) is 41.7 Å². The molecule has 1 heterocycles. The topological polar surface area (TPSA) is 161 Å². The number of nitrogens with two attached hydrogens (primary N) is 2. The summed E-state index contributed by atoms with van der Waals surface area (Å²) in [6.07, 6.45) is 2.28. The summed E-state index contributed by atoms with van der Waals surface area (Å²) >= 11 is 0. The Bertz CT molecular complexity index is 766. The molecule has 0 radical (unpaired) electrons. The van der Waals surface area contributed by atoms with Gasteiger partial charge in [-0.2, -0.15) is 5.10 Å². The minimum atomic E-state index is -3.90. The maximum atomic E-state index is 12.0. The molecule has 0 saturated heterocycles. The van der Waals surface area contributed by atoms with E-state index in [4.69, 9.17) is 11.5 Å². The molecule has 1 aromatic carbocycles. The zero-order valence-electron chi connectivity index (χ0n) is 10.5. The molecule has 0 aliphatic rings. The molecule has 21 heavy (non-hydrogen) atoms. The van der Waals surface area contributed by atoms with E-state index in [2.05, 4.69) is 14.9 Å². The number of aromatic nitrogens is 2. The average molecular weight is 309 g/mol.